The van der Waals surface area contributed by atoms with Gasteiger partial charge < -0.3 is 14.7 Å². The predicted molar refractivity (Wildman–Crippen MR) is 71.2 cm³/mol. The molecule has 2 unspecified atom stereocenters. The number of unbranched alkanes of at least 4 members (excludes halogenated alkanes) is 1. The molecule has 0 saturated heterocycles. The normalized spacial score (nSPS) is 25.4. The van der Waals surface area contributed by atoms with Gasteiger partial charge in [-0.1, -0.05) is 26.2 Å². The summed E-state index contributed by atoms with van der Waals surface area (Å²) >= 11 is 0. The molecule has 0 spiro atoms. The van der Waals surface area contributed by atoms with E-state index in [0.717, 1.165) is 39.1 Å². The van der Waals surface area contributed by atoms with E-state index < -0.39 is 0 Å². The maximum absolute atomic E-state index is 9.90. The molecule has 0 aromatic heterocycles. The summed E-state index contributed by atoms with van der Waals surface area (Å²) in [5, 5.41) is 9.90. The first-order chi connectivity index (χ1) is 8.24. The average molecular weight is 243 g/mol. The lowest BCUT2D eigenvalue weighted by Crippen LogP contribution is -2.36. The van der Waals surface area contributed by atoms with E-state index in [4.69, 9.17) is 4.74 Å². The first-order valence-electron chi connectivity index (χ1n) is 7.18. The highest BCUT2D eigenvalue weighted by Crippen LogP contribution is 2.24. The Morgan fingerprint density at radius 1 is 1.24 bits per heavy atom. The molecule has 0 radical (unpaired) electrons. The summed E-state index contributed by atoms with van der Waals surface area (Å²) in [6, 6.07) is 0. The predicted octanol–water partition coefficient (Wildman–Crippen LogP) is 2.29. The third kappa shape index (κ3) is 6.39. The molecule has 0 bridgehead atoms. The molecule has 0 aromatic carbocycles. The van der Waals surface area contributed by atoms with Crippen LogP contribution in [-0.4, -0.2) is 49.5 Å². The Morgan fingerprint density at radius 3 is 2.71 bits per heavy atom. The van der Waals surface area contributed by atoms with Gasteiger partial charge in [0.2, 0.25) is 0 Å². The van der Waals surface area contributed by atoms with Crippen LogP contribution < -0.4 is 0 Å². The Labute approximate surface area is 106 Å². The van der Waals surface area contributed by atoms with Crippen molar-refractivity contribution in [2.24, 2.45) is 5.92 Å². The molecule has 1 aliphatic carbocycles. The van der Waals surface area contributed by atoms with Gasteiger partial charge in [-0.25, -0.2) is 0 Å². The molecule has 0 aliphatic heterocycles. The van der Waals surface area contributed by atoms with Crippen molar-refractivity contribution >= 4 is 0 Å². The second-order valence-corrected chi connectivity index (χ2v) is 5.34. The lowest BCUT2D eigenvalue weighted by atomic mass is 9.86. The van der Waals surface area contributed by atoms with E-state index in [-0.39, 0.29) is 6.10 Å². The van der Waals surface area contributed by atoms with Gasteiger partial charge in [-0.05, 0) is 32.2 Å². The highest BCUT2D eigenvalue weighted by Gasteiger charge is 2.23. The van der Waals surface area contributed by atoms with Crippen LogP contribution in [-0.2, 0) is 4.74 Å². The Kier molecular flexibility index (Phi) is 7.82. The van der Waals surface area contributed by atoms with E-state index in [2.05, 4.69) is 18.9 Å². The minimum Gasteiger partial charge on any atom is -0.393 e. The number of hydrogen-bond acceptors (Lipinski definition) is 3. The van der Waals surface area contributed by atoms with Crippen LogP contribution in [0.3, 0.4) is 0 Å². The number of rotatable bonds is 8. The molecule has 0 aromatic rings. The zero-order valence-electron chi connectivity index (χ0n) is 11.5. The summed E-state index contributed by atoms with van der Waals surface area (Å²) < 4.78 is 5.56. The zero-order chi connectivity index (χ0) is 12.5. The van der Waals surface area contributed by atoms with Gasteiger partial charge in [0.1, 0.15) is 0 Å². The number of hydrogen-bond donors (Lipinski definition) is 1. The van der Waals surface area contributed by atoms with Crippen molar-refractivity contribution < 1.29 is 9.84 Å². The first-order valence-corrected chi connectivity index (χ1v) is 7.18. The van der Waals surface area contributed by atoms with E-state index in [0.29, 0.717) is 5.92 Å². The second-order valence-electron chi connectivity index (χ2n) is 5.34. The molecule has 3 heteroatoms. The molecular weight excluding hydrogens is 214 g/mol. The van der Waals surface area contributed by atoms with Crippen LogP contribution >= 0.6 is 0 Å². The van der Waals surface area contributed by atoms with Gasteiger partial charge in [0.05, 0.1) is 12.7 Å². The summed E-state index contributed by atoms with van der Waals surface area (Å²) in [7, 11) is 2.13. The topological polar surface area (TPSA) is 32.7 Å². The van der Waals surface area contributed by atoms with Crippen LogP contribution in [0.5, 0.6) is 0 Å². The molecule has 0 heterocycles. The van der Waals surface area contributed by atoms with Crippen LogP contribution in [0.1, 0.15) is 45.4 Å². The Bertz CT molecular complexity index is 187. The number of aliphatic hydroxyl groups excluding tert-OH is 1. The van der Waals surface area contributed by atoms with Crippen LogP contribution in [0, 0.1) is 5.92 Å². The van der Waals surface area contributed by atoms with Gasteiger partial charge in [0, 0.05) is 19.7 Å². The number of ether oxygens (including phenoxy) is 1. The summed E-state index contributed by atoms with van der Waals surface area (Å²) in [4.78, 5) is 2.30. The molecule has 0 amide bonds. The molecule has 2 atom stereocenters. The van der Waals surface area contributed by atoms with Crippen molar-refractivity contribution in [3.05, 3.63) is 0 Å². The Morgan fingerprint density at radius 2 is 2.00 bits per heavy atom. The maximum Gasteiger partial charge on any atom is 0.0593 e. The fourth-order valence-electron chi connectivity index (χ4n) is 2.46. The molecule has 3 nitrogen and oxygen atoms in total. The third-order valence-corrected chi connectivity index (χ3v) is 3.67. The zero-order valence-corrected chi connectivity index (χ0v) is 11.5. The monoisotopic (exact) mass is 243 g/mol. The molecule has 1 N–H and O–H groups in total. The molecule has 1 aliphatic rings. The van der Waals surface area contributed by atoms with E-state index in [1.807, 2.05) is 0 Å². The van der Waals surface area contributed by atoms with Gasteiger partial charge in [-0.2, -0.15) is 0 Å². The summed E-state index contributed by atoms with van der Waals surface area (Å²) in [6.07, 6.45) is 6.93. The van der Waals surface area contributed by atoms with Crippen molar-refractivity contribution in [3.63, 3.8) is 0 Å². The lowest BCUT2D eigenvalue weighted by Gasteiger charge is -2.31. The second kappa shape index (κ2) is 8.90. The van der Waals surface area contributed by atoms with E-state index >= 15 is 0 Å². The van der Waals surface area contributed by atoms with E-state index in [1.165, 1.54) is 25.7 Å². The van der Waals surface area contributed by atoms with Crippen LogP contribution in [0.2, 0.25) is 0 Å². The van der Waals surface area contributed by atoms with Crippen LogP contribution in [0.4, 0.5) is 0 Å². The third-order valence-electron chi connectivity index (χ3n) is 3.67. The van der Waals surface area contributed by atoms with Gasteiger partial charge in [-0.3, -0.25) is 0 Å². The minimum absolute atomic E-state index is 0.0767. The maximum atomic E-state index is 9.90. The molecular formula is C14H29NO2. The summed E-state index contributed by atoms with van der Waals surface area (Å²) in [5.74, 6) is 0.476. The highest BCUT2D eigenvalue weighted by atomic mass is 16.5. The minimum atomic E-state index is -0.0767. The average Bonchev–Trinajstić information content (AvgIpc) is 2.32. The molecule has 1 fully saturated rings. The molecule has 1 rings (SSSR count). The number of nitrogens with zero attached hydrogens (tertiary/aromatic N) is 1. The lowest BCUT2D eigenvalue weighted by molar-refractivity contribution is 0.0425. The van der Waals surface area contributed by atoms with Crippen LogP contribution in [0.15, 0.2) is 0 Å². The van der Waals surface area contributed by atoms with Gasteiger partial charge in [0.25, 0.3) is 0 Å². The Balaban J connectivity index is 2.05. The fraction of sp³-hybridized carbons (Fsp3) is 1.00. The van der Waals surface area contributed by atoms with Crippen molar-refractivity contribution in [2.75, 3.05) is 33.4 Å². The van der Waals surface area contributed by atoms with Gasteiger partial charge in [0.15, 0.2) is 0 Å². The van der Waals surface area contributed by atoms with Crippen molar-refractivity contribution in [3.8, 4) is 0 Å². The number of likely N-dealkylation sites (N-methyl/N-ethyl adjacent to an activating group) is 1. The highest BCUT2D eigenvalue weighted by molar-refractivity contribution is 4.76. The quantitative estimate of drug-likeness (QED) is 0.664. The van der Waals surface area contributed by atoms with E-state index in [1.54, 1.807) is 0 Å². The number of aliphatic hydroxyl groups is 1. The first kappa shape index (κ1) is 14.9. The SMILES string of the molecule is CCCCOCCN(C)CC1CCCCC1O. The van der Waals surface area contributed by atoms with Crippen molar-refractivity contribution in [1.29, 1.82) is 0 Å². The smallest absolute Gasteiger partial charge is 0.0593 e. The largest absolute Gasteiger partial charge is 0.393 e. The van der Waals surface area contributed by atoms with Crippen molar-refractivity contribution in [2.45, 2.75) is 51.6 Å². The molecule has 102 valence electrons. The standard InChI is InChI=1S/C14H29NO2/c1-3-4-10-17-11-9-15(2)12-13-7-5-6-8-14(13)16/h13-14,16H,3-12H2,1-2H3. The van der Waals surface area contributed by atoms with Crippen LogP contribution in [0.25, 0.3) is 0 Å². The van der Waals surface area contributed by atoms with Crippen molar-refractivity contribution in [1.82, 2.24) is 4.90 Å². The fourth-order valence-corrected chi connectivity index (χ4v) is 2.46. The Hall–Kier alpha value is -0.120. The van der Waals surface area contributed by atoms with E-state index in [9.17, 15) is 5.11 Å². The van der Waals surface area contributed by atoms with Gasteiger partial charge >= 0.3 is 0 Å². The summed E-state index contributed by atoms with van der Waals surface area (Å²) in [6.45, 7) is 5.88. The van der Waals surface area contributed by atoms with Gasteiger partial charge in [-0.15, -0.1) is 0 Å². The molecule has 1 saturated carbocycles. The molecule has 17 heavy (non-hydrogen) atoms. The summed E-state index contributed by atoms with van der Waals surface area (Å²) in [5.41, 5.74) is 0.